The van der Waals surface area contributed by atoms with Crippen molar-refractivity contribution in [2.45, 2.75) is 6.92 Å². The summed E-state index contributed by atoms with van der Waals surface area (Å²) in [5, 5.41) is 7.95. The summed E-state index contributed by atoms with van der Waals surface area (Å²) in [5.74, 6) is 1.74. The molecule has 19 heavy (non-hydrogen) atoms. The van der Waals surface area contributed by atoms with Crippen molar-refractivity contribution >= 4 is 12.2 Å². The van der Waals surface area contributed by atoms with E-state index in [-0.39, 0.29) is 0 Å². The van der Waals surface area contributed by atoms with Gasteiger partial charge in [0.2, 0.25) is 5.88 Å². The molecule has 2 aromatic rings. The lowest BCUT2D eigenvalue weighted by atomic mass is 10.3. The van der Waals surface area contributed by atoms with Gasteiger partial charge >= 0.3 is 0 Å². The highest BCUT2D eigenvalue weighted by Gasteiger charge is 1.99. The Labute approximate surface area is 112 Å². The van der Waals surface area contributed by atoms with Crippen LogP contribution in [0.1, 0.15) is 6.92 Å². The Kier molecular flexibility index (Phi) is 4.44. The van der Waals surface area contributed by atoms with Crippen LogP contribution in [0.15, 0.2) is 47.5 Å². The standard InChI is InChI=1S/C14H16N4O/c1-3-18(2)11-15-13-9-10-14(17-16-13)19-12-7-5-4-6-8-12/h4-11H,3H2,1-2H3. The minimum atomic E-state index is 0.453. The lowest BCUT2D eigenvalue weighted by Crippen LogP contribution is -2.14. The maximum absolute atomic E-state index is 5.54. The smallest absolute Gasteiger partial charge is 0.238 e. The highest BCUT2D eigenvalue weighted by molar-refractivity contribution is 5.59. The number of ether oxygens (including phenoxy) is 1. The van der Waals surface area contributed by atoms with E-state index in [4.69, 9.17) is 4.74 Å². The van der Waals surface area contributed by atoms with E-state index in [1.807, 2.05) is 42.3 Å². The van der Waals surface area contributed by atoms with Crippen LogP contribution in [0.25, 0.3) is 0 Å². The van der Waals surface area contributed by atoms with Gasteiger partial charge in [-0.3, -0.25) is 0 Å². The van der Waals surface area contributed by atoms with Crippen molar-refractivity contribution in [3.05, 3.63) is 42.5 Å². The molecule has 2 rings (SSSR count). The number of benzene rings is 1. The first-order valence-electron chi connectivity index (χ1n) is 6.09. The van der Waals surface area contributed by atoms with Crippen LogP contribution in [0.2, 0.25) is 0 Å². The van der Waals surface area contributed by atoms with Gasteiger partial charge in [0.25, 0.3) is 0 Å². The first-order chi connectivity index (χ1) is 9.28. The number of rotatable bonds is 5. The molecule has 1 aromatic carbocycles. The average Bonchev–Trinajstić information content (AvgIpc) is 2.47. The highest BCUT2D eigenvalue weighted by Crippen LogP contribution is 2.18. The lowest BCUT2D eigenvalue weighted by Gasteiger charge is -2.07. The molecule has 0 amide bonds. The van der Waals surface area contributed by atoms with Gasteiger partial charge in [-0.15, -0.1) is 10.2 Å². The third-order valence-corrected chi connectivity index (χ3v) is 2.48. The predicted octanol–water partition coefficient (Wildman–Crippen LogP) is 2.88. The van der Waals surface area contributed by atoms with E-state index in [9.17, 15) is 0 Å². The Bertz CT molecular complexity index is 525. The number of nitrogens with zero attached hydrogens (tertiary/aromatic N) is 4. The topological polar surface area (TPSA) is 50.6 Å². The Morgan fingerprint density at radius 3 is 2.58 bits per heavy atom. The van der Waals surface area contributed by atoms with Crippen molar-refractivity contribution in [3.63, 3.8) is 0 Å². The summed E-state index contributed by atoms with van der Waals surface area (Å²) in [6, 6.07) is 13.0. The maximum atomic E-state index is 5.54. The van der Waals surface area contributed by atoms with Crippen LogP contribution < -0.4 is 4.74 Å². The van der Waals surface area contributed by atoms with Crippen LogP contribution in [0, 0.1) is 0 Å². The van der Waals surface area contributed by atoms with E-state index >= 15 is 0 Å². The van der Waals surface area contributed by atoms with Crippen molar-refractivity contribution in [1.82, 2.24) is 15.1 Å². The number of aromatic nitrogens is 2. The van der Waals surface area contributed by atoms with Crippen molar-refractivity contribution in [2.24, 2.45) is 4.99 Å². The van der Waals surface area contributed by atoms with Gasteiger partial charge in [0, 0.05) is 19.7 Å². The molecule has 5 heteroatoms. The molecule has 1 heterocycles. The minimum Gasteiger partial charge on any atom is -0.438 e. The Morgan fingerprint density at radius 1 is 1.16 bits per heavy atom. The molecule has 5 nitrogen and oxygen atoms in total. The largest absolute Gasteiger partial charge is 0.438 e. The maximum Gasteiger partial charge on any atom is 0.238 e. The summed E-state index contributed by atoms with van der Waals surface area (Å²) < 4.78 is 5.54. The quantitative estimate of drug-likeness (QED) is 0.609. The highest BCUT2D eigenvalue weighted by atomic mass is 16.5. The second-order valence-electron chi connectivity index (χ2n) is 3.96. The predicted molar refractivity (Wildman–Crippen MR) is 75.0 cm³/mol. The Balaban J connectivity index is 2.01. The van der Waals surface area contributed by atoms with Crippen molar-refractivity contribution in [2.75, 3.05) is 13.6 Å². The third kappa shape index (κ3) is 4.06. The number of aliphatic imine (C=N–C) groups is 1. The second-order valence-corrected chi connectivity index (χ2v) is 3.96. The van der Waals surface area contributed by atoms with Crippen LogP contribution >= 0.6 is 0 Å². The molecule has 0 spiro atoms. The van der Waals surface area contributed by atoms with Crippen LogP contribution in [0.5, 0.6) is 11.6 Å². The van der Waals surface area contributed by atoms with Gasteiger partial charge < -0.3 is 9.64 Å². The van der Waals surface area contributed by atoms with E-state index < -0.39 is 0 Å². The van der Waals surface area contributed by atoms with Gasteiger partial charge in [-0.05, 0) is 25.1 Å². The van der Waals surface area contributed by atoms with E-state index in [2.05, 4.69) is 22.1 Å². The molecular formula is C14H16N4O. The summed E-state index contributed by atoms with van der Waals surface area (Å²) >= 11 is 0. The van der Waals surface area contributed by atoms with E-state index in [1.165, 1.54) is 0 Å². The molecule has 0 aliphatic carbocycles. The Hall–Kier alpha value is -2.43. The van der Waals surface area contributed by atoms with Gasteiger partial charge in [-0.2, -0.15) is 0 Å². The first-order valence-corrected chi connectivity index (χ1v) is 6.09. The van der Waals surface area contributed by atoms with Crippen molar-refractivity contribution < 1.29 is 4.74 Å². The molecule has 0 bridgehead atoms. The minimum absolute atomic E-state index is 0.453. The molecule has 98 valence electrons. The summed E-state index contributed by atoms with van der Waals surface area (Å²) in [5.41, 5.74) is 0. The van der Waals surface area contributed by atoms with Gasteiger partial charge in [0.05, 0.1) is 6.34 Å². The second kappa shape index (κ2) is 6.49. The summed E-state index contributed by atoms with van der Waals surface area (Å²) in [6.07, 6.45) is 1.72. The molecular weight excluding hydrogens is 240 g/mol. The van der Waals surface area contributed by atoms with Crippen molar-refractivity contribution in [1.29, 1.82) is 0 Å². The van der Waals surface area contributed by atoms with Crippen LogP contribution in [-0.2, 0) is 0 Å². The van der Waals surface area contributed by atoms with E-state index in [1.54, 1.807) is 18.5 Å². The molecule has 0 saturated heterocycles. The van der Waals surface area contributed by atoms with Crippen LogP contribution in [-0.4, -0.2) is 35.0 Å². The first kappa shape index (κ1) is 13.0. The summed E-state index contributed by atoms with van der Waals surface area (Å²) in [4.78, 5) is 6.15. The molecule has 0 N–H and O–H groups in total. The molecule has 0 aliphatic rings. The van der Waals surface area contributed by atoms with Gasteiger partial charge in [0.1, 0.15) is 5.75 Å². The summed E-state index contributed by atoms with van der Waals surface area (Å²) in [7, 11) is 1.95. The van der Waals surface area contributed by atoms with Gasteiger partial charge in [0.15, 0.2) is 5.82 Å². The normalized spacial score (nSPS) is 10.6. The fourth-order valence-electron chi connectivity index (χ4n) is 1.28. The zero-order valence-electron chi connectivity index (χ0n) is 11.0. The lowest BCUT2D eigenvalue weighted by molar-refractivity contribution is 0.455. The van der Waals surface area contributed by atoms with E-state index in [0.717, 1.165) is 12.3 Å². The van der Waals surface area contributed by atoms with Gasteiger partial charge in [-0.1, -0.05) is 18.2 Å². The zero-order valence-corrected chi connectivity index (χ0v) is 11.0. The van der Waals surface area contributed by atoms with Crippen molar-refractivity contribution in [3.8, 4) is 11.6 Å². The average molecular weight is 256 g/mol. The van der Waals surface area contributed by atoms with Crippen LogP contribution in [0.3, 0.4) is 0 Å². The fraction of sp³-hybridized carbons (Fsp3) is 0.214. The molecule has 1 aromatic heterocycles. The molecule has 0 atom stereocenters. The zero-order chi connectivity index (χ0) is 13.5. The monoisotopic (exact) mass is 256 g/mol. The summed E-state index contributed by atoms with van der Waals surface area (Å²) in [6.45, 7) is 2.95. The molecule has 0 fully saturated rings. The molecule has 0 unspecified atom stereocenters. The fourth-order valence-corrected chi connectivity index (χ4v) is 1.28. The van der Waals surface area contributed by atoms with Crippen LogP contribution in [0.4, 0.5) is 5.82 Å². The molecule has 0 saturated carbocycles. The number of hydrogen-bond donors (Lipinski definition) is 0. The third-order valence-electron chi connectivity index (χ3n) is 2.48. The number of para-hydroxylation sites is 1. The number of hydrogen-bond acceptors (Lipinski definition) is 4. The molecule has 0 radical (unpaired) electrons. The SMILES string of the molecule is CCN(C)C=Nc1ccc(Oc2ccccc2)nn1. The Morgan fingerprint density at radius 2 is 1.95 bits per heavy atom. The van der Waals surface area contributed by atoms with Gasteiger partial charge in [-0.25, -0.2) is 4.99 Å². The van der Waals surface area contributed by atoms with E-state index in [0.29, 0.717) is 11.7 Å². The molecule has 0 aliphatic heterocycles.